The SMILES string of the molecule is CS(=O)(=O)c1ccc(Cl)c(C(=O)Nc2ccc(Sc3ccc(Br)cc3)cc2)c1. The standard InChI is InChI=1S/C20H15BrClNO3S2/c1-28(25,26)17-10-11-19(22)18(12-17)20(24)23-14-4-8-16(9-5-14)27-15-6-2-13(21)3-7-15/h2-12H,1H3,(H,23,24). The average molecular weight is 497 g/mol. The highest BCUT2D eigenvalue weighted by Gasteiger charge is 2.15. The zero-order chi connectivity index (χ0) is 20.3. The van der Waals surface area contributed by atoms with E-state index in [1.54, 1.807) is 23.9 Å². The van der Waals surface area contributed by atoms with Gasteiger partial charge in [0, 0.05) is 26.2 Å². The third kappa shape index (κ3) is 5.38. The van der Waals surface area contributed by atoms with E-state index in [4.69, 9.17) is 11.6 Å². The van der Waals surface area contributed by atoms with Crippen LogP contribution in [0.15, 0.2) is 85.9 Å². The van der Waals surface area contributed by atoms with E-state index in [0.717, 1.165) is 20.5 Å². The Labute approximate surface area is 181 Å². The lowest BCUT2D eigenvalue weighted by Crippen LogP contribution is -2.13. The molecule has 0 aliphatic rings. The molecule has 0 unspecified atom stereocenters. The van der Waals surface area contributed by atoms with Gasteiger partial charge in [-0.15, -0.1) is 0 Å². The lowest BCUT2D eigenvalue weighted by molar-refractivity contribution is 0.102. The number of hydrogen-bond donors (Lipinski definition) is 1. The Morgan fingerprint density at radius 1 is 0.964 bits per heavy atom. The van der Waals surface area contributed by atoms with Crippen molar-refractivity contribution in [2.45, 2.75) is 14.7 Å². The number of nitrogens with one attached hydrogen (secondary N) is 1. The van der Waals surface area contributed by atoms with Crippen LogP contribution in [0.2, 0.25) is 5.02 Å². The van der Waals surface area contributed by atoms with Crippen LogP contribution < -0.4 is 5.32 Å². The van der Waals surface area contributed by atoms with E-state index in [1.807, 2.05) is 36.4 Å². The summed E-state index contributed by atoms with van der Waals surface area (Å²) in [5.74, 6) is -0.469. The molecule has 0 saturated heterocycles. The summed E-state index contributed by atoms with van der Waals surface area (Å²) in [5, 5.41) is 2.93. The van der Waals surface area contributed by atoms with Crippen molar-refractivity contribution in [3.8, 4) is 0 Å². The van der Waals surface area contributed by atoms with Gasteiger partial charge in [-0.1, -0.05) is 39.3 Å². The molecular formula is C20H15BrClNO3S2. The van der Waals surface area contributed by atoms with Gasteiger partial charge in [0.2, 0.25) is 0 Å². The minimum Gasteiger partial charge on any atom is -0.322 e. The van der Waals surface area contributed by atoms with E-state index in [2.05, 4.69) is 21.2 Å². The number of hydrogen-bond acceptors (Lipinski definition) is 4. The van der Waals surface area contributed by atoms with Crippen molar-refractivity contribution in [2.75, 3.05) is 11.6 Å². The van der Waals surface area contributed by atoms with E-state index in [9.17, 15) is 13.2 Å². The molecule has 0 aromatic heterocycles. The summed E-state index contributed by atoms with van der Waals surface area (Å²) in [4.78, 5) is 14.7. The van der Waals surface area contributed by atoms with Crippen LogP contribution in [-0.4, -0.2) is 20.6 Å². The number of halogens is 2. The van der Waals surface area contributed by atoms with Crippen LogP contribution in [0.4, 0.5) is 5.69 Å². The second-order valence-corrected chi connectivity index (χ2v) is 10.4. The number of anilines is 1. The van der Waals surface area contributed by atoms with Crippen molar-refractivity contribution < 1.29 is 13.2 Å². The van der Waals surface area contributed by atoms with E-state index < -0.39 is 15.7 Å². The fourth-order valence-corrected chi connectivity index (χ4v) is 4.28. The van der Waals surface area contributed by atoms with E-state index in [0.29, 0.717) is 5.69 Å². The van der Waals surface area contributed by atoms with Gasteiger partial charge in [0.25, 0.3) is 5.91 Å². The van der Waals surface area contributed by atoms with Gasteiger partial charge in [-0.3, -0.25) is 4.79 Å². The number of amides is 1. The van der Waals surface area contributed by atoms with Gasteiger partial charge in [0.05, 0.1) is 15.5 Å². The molecule has 0 aliphatic carbocycles. The first-order valence-corrected chi connectivity index (χ1v) is 11.9. The summed E-state index contributed by atoms with van der Waals surface area (Å²) in [5.41, 5.74) is 0.698. The van der Waals surface area contributed by atoms with Gasteiger partial charge in [-0.2, -0.15) is 0 Å². The molecule has 1 amide bonds. The van der Waals surface area contributed by atoms with Gasteiger partial charge in [0.15, 0.2) is 9.84 Å². The second-order valence-electron chi connectivity index (χ2n) is 5.95. The monoisotopic (exact) mass is 495 g/mol. The van der Waals surface area contributed by atoms with Crippen LogP contribution in [0.25, 0.3) is 0 Å². The Hall–Kier alpha value is -1.80. The summed E-state index contributed by atoms with van der Waals surface area (Å²) >= 11 is 11.1. The molecule has 1 N–H and O–H groups in total. The average Bonchev–Trinajstić information content (AvgIpc) is 2.64. The van der Waals surface area contributed by atoms with Crippen LogP contribution in [0.3, 0.4) is 0 Å². The Morgan fingerprint density at radius 2 is 1.54 bits per heavy atom. The first kappa shape index (κ1) is 20.9. The number of sulfone groups is 1. The maximum absolute atomic E-state index is 12.5. The summed E-state index contributed by atoms with van der Waals surface area (Å²) in [7, 11) is -3.43. The molecule has 0 saturated carbocycles. The first-order valence-electron chi connectivity index (χ1n) is 8.07. The zero-order valence-electron chi connectivity index (χ0n) is 14.6. The molecule has 0 aliphatic heterocycles. The van der Waals surface area contributed by atoms with Crippen molar-refractivity contribution in [1.29, 1.82) is 0 Å². The van der Waals surface area contributed by atoms with E-state index in [-0.39, 0.29) is 15.5 Å². The second kappa shape index (κ2) is 8.69. The van der Waals surface area contributed by atoms with Crippen LogP contribution in [0.1, 0.15) is 10.4 Å². The summed E-state index contributed by atoms with van der Waals surface area (Å²) in [6.45, 7) is 0. The summed E-state index contributed by atoms with van der Waals surface area (Å²) in [6.07, 6.45) is 1.08. The van der Waals surface area contributed by atoms with Gasteiger partial charge in [0.1, 0.15) is 0 Å². The Balaban J connectivity index is 1.73. The molecule has 0 bridgehead atoms. The van der Waals surface area contributed by atoms with E-state index in [1.165, 1.54) is 18.2 Å². The number of benzene rings is 3. The number of rotatable bonds is 5. The smallest absolute Gasteiger partial charge is 0.257 e. The Morgan fingerprint density at radius 3 is 2.11 bits per heavy atom. The van der Waals surface area contributed by atoms with Gasteiger partial charge in [-0.25, -0.2) is 8.42 Å². The fourth-order valence-electron chi connectivity index (χ4n) is 2.35. The van der Waals surface area contributed by atoms with Crippen molar-refractivity contribution in [1.82, 2.24) is 0 Å². The Bertz CT molecular complexity index is 1120. The highest BCUT2D eigenvalue weighted by molar-refractivity contribution is 9.10. The molecule has 144 valence electrons. The third-order valence-corrected chi connectivity index (χ3v) is 6.76. The number of carbonyl (C=O) groups excluding carboxylic acids is 1. The maximum atomic E-state index is 12.5. The molecule has 0 spiro atoms. The maximum Gasteiger partial charge on any atom is 0.257 e. The molecule has 3 rings (SSSR count). The zero-order valence-corrected chi connectivity index (χ0v) is 18.6. The minimum absolute atomic E-state index is 0.0447. The first-order chi connectivity index (χ1) is 13.2. The van der Waals surface area contributed by atoms with Gasteiger partial charge >= 0.3 is 0 Å². The van der Waals surface area contributed by atoms with Crippen LogP contribution >= 0.6 is 39.3 Å². The predicted molar refractivity (Wildman–Crippen MR) is 117 cm³/mol. The summed E-state index contributed by atoms with van der Waals surface area (Å²) < 4.78 is 24.4. The molecule has 0 radical (unpaired) electrons. The largest absolute Gasteiger partial charge is 0.322 e. The van der Waals surface area contributed by atoms with Crippen molar-refractivity contribution in [2.24, 2.45) is 0 Å². The van der Waals surface area contributed by atoms with Crippen LogP contribution in [0, 0.1) is 0 Å². The molecule has 28 heavy (non-hydrogen) atoms. The highest BCUT2D eigenvalue weighted by atomic mass is 79.9. The topological polar surface area (TPSA) is 63.2 Å². The van der Waals surface area contributed by atoms with Crippen molar-refractivity contribution in [3.63, 3.8) is 0 Å². The minimum atomic E-state index is -3.43. The fraction of sp³-hybridized carbons (Fsp3) is 0.0500. The quantitative estimate of drug-likeness (QED) is 0.477. The van der Waals surface area contributed by atoms with E-state index >= 15 is 0 Å². The Kier molecular flexibility index (Phi) is 6.50. The molecule has 0 heterocycles. The van der Waals surface area contributed by atoms with Crippen molar-refractivity contribution in [3.05, 3.63) is 81.8 Å². The van der Waals surface area contributed by atoms with Crippen LogP contribution in [0.5, 0.6) is 0 Å². The normalized spacial score (nSPS) is 11.2. The lowest BCUT2D eigenvalue weighted by atomic mass is 10.2. The molecule has 4 nitrogen and oxygen atoms in total. The molecule has 0 fully saturated rings. The molecular weight excluding hydrogens is 482 g/mol. The van der Waals surface area contributed by atoms with Gasteiger partial charge in [-0.05, 0) is 66.7 Å². The van der Waals surface area contributed by atoms with Crippen molar-refractivity contribution >= 4 is 60.7 Å². The van der Waals surface area contributed by atoms with Gasteiger partial charge < -0.3 is 5.32 Å². The lowest BCUT2D eigenvalue weighted by Gasteiger charge is -2.09. The van der Waals surface area contributed by atoms with Crippen LogP contribution in [-0.2, 0) is 9.84 Å². The molecule has 3 aromatic carbocycles. The molecule has 0 atom stereocenters. The predicted octanol–water partition coefficient (Wildman–Crippen LogP) is 5.91. The summed E-state index contributed by atoms with van der Waals surface area (Å²) in [6, 6.07) is 19.4. The highest BCUT2D eigenvalue weighted by Crippen LogP contribution is 2.30. The molecule has 8 heteroatoms. The number of carbonyl (C=O) groups is 1. The third-order valence-electron chi connectivity index (χ3n) is 3.77. The molecule has 3 aromatic rings.